The molecule has 0 aliphatic carbocycles. The summed E-state index contributed by atoms with van der Waals surface area (Å²) in [6.45, 7) is 0. The summed E-state index contributed by atoms with van der Waals surface area (Å²) < 4.78 is 4.27. The van der Waals surface area contributed by atoms with Crippen LogP contribution < -0.4 is 0 Å². The molecule has 0 radical (unpaired) electrons. The normalized spacial score (nSPS) is 11.3. The molecule has 2 aromatic carbocycles. The highest BCUT2D eigenvalue weighted by Crippen LogP contribution is 2.19. The quantitative estimate of drug-likeness (QED) is 0.396. The van der Waals surface area contributed by atoms with Crippen molar-refractivity contribution in [3.63, 3.8) is 0 Å². The van der Waals surface area contributed by atoms with E-state index in [9.17, 15) is 14.7 Å². The average Bonchev–Trinajstić information content (AvgIpc) is 2.45. The minimum Gasteiger partial charge on any atom is -0.507 e. The zero-order valence-corrected chi connectivity index (χ0v) is 10.3. The van der Waals surface area contributed by atoms with Crippen LogP contribution in [0.1, 0.15) is 5.56 Å². The van der Waals surface area contributed by atoms with Crippen LogP contribution in [-0.2, 0) is 14.3 Å². The van der Waals surface area contributed by atoms with E-state index in [-0.39, 0.29) is 5.76 Å². The predicted molar refractivity (Wildman–Crippen MR) is 71.6 cm³/mol. The molecule has 0 spiro atoms. The number of carbonyl (C=O) groups excluding carboxylic acids is 2. The molecule has 0 aromatic heterocycles. The first-order valence-corrected chi connectivity index (χ1v) is 5.64. The number of esters is 1. The zero-order chi connectivity index (χ0) is 13.8. The maximum absolute atomic E-state index is 11.3. The molecular formula is C15H12O4. The first-order chi connectivity index (χ1) is 9.11. The molecule has 4 nitrogen and oxygen atoms in total. The van der Waals surface area contributed by atoms with Crippen molar-refractivity contribution in [2.75, 3.05) is 7.11 Å². The predicted octanol–water partition coefficient (Wildman–Crippen LogP) is 2.48. The number of aliphatic hydroxyl groups is 1. The van der Waals surface area contributed by atoms with Crippen LogP contribution in [0.15, 0.2) is 48.5 Å². The lowest BCUT2D eigenvalue weighted by atomic mass is 10.1. The lowest BCUT2D eigenvalue weighted by Gasteiger charge is -2.03. The van der Waals surface area contributed by atoms with E-state index in [1.165, 1.54) is 0 Å². The Kier molecular flexibility index (Phi) is 3.61. The Morgan fingerprint density at radius 2 is 1.79 bits per heavy atom. The Bertz CT molecular complexity index is 671. The number of ether oxygens (including phenoxy) is 1. The van der Waals surface area contributed by atoms with E-state index in [1.807, 2.05) is 30.3 Å². The molecule has 0 heterocycles. The Balaban J connectivity index is 2.36. The van der Waals surface area contributed by atoms with E-state index in [0.29, 0.717) is 5.56 Å². The van der Waals surface area contributed by atoms with Gasteiger partial charge in [-0.3, -0.25) is 4.79 Å². The average molecular weight is 256 g/mol. The Morgan fingerprint density at radius 3 is 2.47 bits per heavy atom. The van der Waals surface area contributed by atoms with Gasteiger partial charge in [0.2, 0.25) is 0 Å². The number of aliphatic hydroxyl groups excluding tert-OH is 1. The molecule has 0 fully saturated rings. The van der Waals surface area contributed by atoms with Crippen molar-refractivity contribution < 1.29 is 19.4 Å². The maximum Gasteiger partial charge on any atom is 0.378 e. The number of carbonyl (C=O) groups is 2. The second-order valence-corrected chi connectivity index (χ2v) is 3.95. The van der Waals surface area contributed by atoms with Gasteiger partial charge in [-0.1, -0.05) is 36.4 Å². The first-order valence-electron chi connectivity index (χ1n) is 5.64. The molecule has 0 unspecified atom stereocenters. The highest BCUT2D eigenvalue weighted by atomic mass is 16.5. The third-order valence-corrected chi connectivity index (χ3v) is 2.70. The van der Waals surface area contributed by atoms with Crippen LogP contribution in [0.5, 0.6) is 0 Å². The zero-order valence-electron chi connectivity index (χ0n) is 10.3. The van der Waals surface area contributed by atoms with Crippen LogP contribution in [0.4, 0.5) is 0 Å². The summed E-state index contributed by atoms with van der Waals surface area (Å²) >= 11 is 0. The van der Waals surface area contributed by atoms with Crippen LogP contribution in [0.3, 0.4) is 0 Å². The number of methoxy groups -OCH3 is 1. The summed E-state index contributed by atoms with van der Waals surface area (Å²) in [5.74, 6) is -2.17. The Hall–Kier alpha value is -2.62. The van der Waals surface area contributed by atoms with Gasteiger partial charge in [-0.2, -0.15) is 0 Å². The van der Waals surface area contributed by atoms with Gasteiger partial charge in [-0.15, -0.1) is 0 Å². The highest BCUT2D eigenvalue weighted by Gasteiger charge is 2.12. The summed E-state index contributed by atoms with van der Waals surface area (Å²) in [7, 11) is 1.11. The van der Waals surface area contributed by atoms with E-state index >= 15 is 0 Å². The fourth-order valence-corrected chi connectivity index (χ4v) is 1.72. The molecule has 96 valence electrons. The fraction of sp³-hybridized carbons (Fsp3) is 0.0667. The number of hydrogen-bond donors (Lipinski definition) is 1. The van der Waals surface area contributed by atoms with Gasteiger partial charge in [0.15, 0.2) is 0 Å². The molecule has 0 saturated heterocycles. The molecule has 4 heteroatoms. The van der Waals surface area contributed by atoms with Gasteiger partial charge in [0.25, 0.3) is 5.78 Å². The third-order valence-electron chi connectivity index (χ3n) is 2.70. The standard InChI is InChI=1S/C15H12O4/c1-19-15(18)14(17)9-13(16)12-7-6-10-4-2-3-5-11(10)8-12/h2-9,16H,1H3/b13-9-. The Labute approximate surface area is 109 Å². The summed E-state index contributed by atoms with van der Waals surface area (Å²) in [5.41, 5.74) is 0.468. The number of ketones is 1. The summed E-state index contributed by atoms with van der Waals surface area (Å²) in [6, 6.07) is 12.9. The van der Waals surface area contributed by atoms with E-state index in [2.05, 4.69) is 4.74 Å². The topological polar surface area (TPSA) is 63.6 Å². The van der Waals surface area contributed by atoms with E-state index in [4.69, 9.17) is 0 Å². The number of hydrogen-bond acceptors (Lipinski definition) is 4. The van der Waals surface area contributed by atoms with Gasteiger partial charge >= 0.3 is 5.97 Å². The van der Waals surface area contributed by atoms with Crippen molar-refractivity contribution in [2.45, 2.75) is 0 Å². The highest BCUT2D eigenvalue weighted by molar-refractivity contribution is 6.39. The molecule has 0 aliphatic rings. The molecule has 0 saturated carbocycles. The van der Waals surface area contributed by atoms with Gasteiger partial charge in [-0.25, -0.2) is 4.79 Å². The van der Waals surface area contributed by atoms with Gasteiger partial charge in [0.05, 0.1) is 7.11 Å². The van der Waals surface area contributed by atoms with Crippen LogP contribution in [0.25, 0.3) is 16.5 Å². The monoisotopic (exact) mass is 256 g/mol. The molecule has 19 heavy (non-hydrogen) atoms. The van der Waals surface area contributed by atoms with Crippen molar-refractivity contribution in [1.82, 2.24) is 0 Å². The van der Waals surface area contributed by atoms with Gasteiger partial charge < -0.3 is 9.84 Å². The second kappa shape index (κ2) is 5.35. The molecule has 0 amide bonds. The first kappa shape index (κ1) is 12.8. The van der Waals surface area contributed by atoms with Crippen molar-refractivity contribution in [1.29, 1.82) is 0 Å². The molecule has 0 aliphatic heterocycles. The molecule has 2 rings (SSSR count). The lowest BCUT2D eigenvalue weighted by molar-refractivity contribution is -0.149. The van der Waals surface area contributed by atoms with Crippen molar-refractivity contribution in [3.8, 4) is 0 Å². The summed E-state index contributed by atoms with van der Waals surface area (Å²) in [4.78, 5) is 22.3. The fourth-order valence-electron chi connectivity index (χ4n) is 1.72. The molecule has 0 atom stereocenters. The molecule has 0 bridgehead atoms. The Morgan fingerprint density at radius 1 is 1.11 bits per heavy atom. The van der Waals surface area contributed by atoms with Crippen molar-refractivity contribution in [2.24, 2.45) is 0 Å². The summed E-state index contributed by atoms with van der Waals surface area (Å²) in [5, 5.41) is 11.8. The maximum atomic E-state index is 11.3. The molecule has 2 aromatic rings. The van der Waals surface area contributed by atoms with Crippen LogP contribution in [0.2, 0.25) is 0 Å². The van der Waals surface area contributed by atoms with Crippen LogP contribution in [0, 0.1) is 0 Å². The molecule has 1 N–H and O–H groups in total. The SMILES string of the molecule is COC(=O)C(=O)/C=C(\O)c1ccc2ccccc2c1. The minimum absolute atomic E-state index is 0.263. The minimum atomic E-state index is -1.01. The number of benzene rings is 2. The second-order valence-electron chi connectivity index (χ2n) is 3.95. The van der Waals surface area contributed by atoms with Gasteiger partial charge in [0.1, 0.15) is 5.76 Å². The van der Waals surface area contributed by atoms with Crippen LogP contribution in [-0.4, -0.2) is 24.0 Å². The number of rotatable bonds is 3. The largest absolute Gasteiger partial charge is 0.507 e. The van der Waals surface area contributed by atoms with Gasteiger partial charge in [0, 0.05) is 11.6 Å². The van der Waals surface area contributed by atoms with Crippen molar-refractivity contribution >= 4 is 28.3 Å². The number of fused-ring (bicyclic) bond motifs is 1. The third kappa shape index (κ3) is 2.80. The van der Waals surface area contributed by atoms with Crippen LogP contribution >= 0.6 is 0 Å². The van der Waals surface area contributed by atoms with E-state index in [1.54, 1.807) is 12.1 Å². The summed E-state index contributed by atoms with van der Waals surface area (Å²) in [6.07, 6.45) is 0.857. The van der Waals surface area contributed by atoms with Crippen molar-refractivity contribution in [3.05, 3.63) is 54.1 Å². The smallest absolute Gasteiger partial charge is 0.378 e. The van der Waals surface area contributed by atoms with Gasteiger partial charge in [-0.05, 0) is 16.8 Å². The molecular weight excluding hydrogens is 244 g/mol. The van der Waals surface area contributed by atoms with E-state index in [0.717, 1.165) is 24.0 Å². The lowest BCUT2D eigenvalue weighted by Crippen LogP contribution is -2.13. The van der Waals surface area contributed by atoms with E-state index < -0.39 is 11.8 Å².